The number of hydrogen-bond acceptors (Lipinski definition) is 5. The third-order valence-electron chi connectivity index (χ3n) is 4.00. The summed E-state index contributed by atoms with van der Waals surface area (Å²) in [5.74, 6) is 0.810. The monoisotopic (exact) mass is 321 g/mol. The number of benzene rings is 1. The van der Waals surface area contributed by atoms with Crippen molar-refractivity contribution in [3.63, 3.8) is 0 Å². The molecule has 23 heavy (non-hydrogen) atoms. The van der Waals surface area contributed by atoms with Crippen molar-refractivity contribution < 1.29 is 19.1 Å². The number of hydrogen-bond donors (Lipinski definition) is 2. The average Bonchev–Trinajstić information content (AvgIpc) is 2.98. The number of nitrogens with zero attached hydrogens (tertiary/aromatic N) is 1. The van der Waals surface area contributed by atoms with Crippen LogP contribution in [0, 0.1) is 0 Å². The zero-order chi connectivity index (χ0) is 17.0. The first kappa shape index (κ1) is 17.1. The number of amides is 2. The molecule has 1 aromatic carbocycles. The molecular formula is C16H23N3O4. The molecule has 126 valence electrons. The highest BCUT2D eigenvalue weighted by Crippen LogP contribution is 2.32. The van der Waals surface area contributed by atoms with Gasteiger partial charge in [-0.1, -0.05) is 6.07 Å². The lowest BCUT2D eigenvalue weighted by Gasteiger charge is -2.27. The topological polar surface area (TPSA) is 108 Å². The second kappa shape index (κ2) is 7.32. The minimum Gasteiger partial charge on any atom is -0.454 e. The van der Waals surface area contributed by atoms with E-state index in [1.165, 1.54) is 0 Å². The molecular weight excluding hydrogens is 298 g/mol. The van der Waals surface area contributed by atoms with Gasteiger partial charge >= 0.3 is 0 Å². The third-order valence-corrected chi connectivity index (χ3v) is 4.00. The molecule has 2 rings (SSSR count). The maximum Gasteiger partial charge on any atom is 0.239 e. The Kier molecular flexibility index (Phi) is 5.44. The fourth-order valence-corrected chi connectivity index (χ4v) is 2.45. The minimum absolute atomic E-state index is 0.0394. The van der Waals surface area contributed by atoms with Gasteiger partial charge in [-0.25, -0.2) is 0 Å². The van der Waals surface area contributed by atoms with E-state index in [-0.39, 0.29) is 31.6 Å². The molecule has 0 radical (unpaired) electrons. The zero-order valence-corrected chi connectivity index (χ0v) is 13.5. The SMILES string of the molecule is CC(Cc1ccc2c(c1)OCO2)N(C)C(=O)C(N)CCC(N)=O. The molecule has 0 aliphatic carbocycles. The summed E-state index contributed by atoms with van der Waals surface area (Å²) in [7, 11) is 1.71. The van der Waals surface area contributed by atoms with E-state index >= 15 is 0 Å². The summed E-state index contributed by atoms with van der Waals surface area (Å²) in [4.78, 5) is 24.7. The van der Waals surface area contributed by atoms with Gasteiger partial charge in [0.1, 0.15) is 0 Å². The Morgan fingerprint density at radius 2 is 2.00 bits per heavy atom. The van der Waals surface area contributed by atoms with E-state index in [1.807, 2.05) is 25.1 Å². The Morgan fingerprint density at radius 3 is 2.70 bits per heavy atom. The van der Waals surface area contributed by atoms with Crippen molar-refractivity contribution in [1.29, 1.82) is 0 Å². The van der Waals surface area contributed by atoms with Crippen molar-refractivity contribution in [1.82, 2.24) is 4.90 Å². The summed E-state index contributed by atoms with van der Waals surface area (Å²) < 4.78 is 10.6. The maximum atomic E-state index is 12.3. The van der Waals surface area contributed by atoms with Gasteiger partial charge in [0.2, 0.25) is 18.6 Å². The highest BCUT2D eigenvalue weighted by atomic mass is 16.7. The normalized spacial score (nSPS) is 15.1. The average molecular weight is 321 g/mol. The van der Waals surface area contributed by atoms with Crippen LogP contribution >= 0.6 is 0 Å². The highest BCUT2D eigenvalue weighted by molar-refractivity contribution is 5.82. The lowest BCUT2D eigenvalue weighted by molar-refractivity contribution is -0.133. The van der Waals surface area contributed by atoms with E-state index in [0.29, 0.717) is 6.42 Å². The van der Waals surface area contributed by atoms with Gasteiger partial charge in [0.15, 0.2) is 11.5 Å². The number of likely N-dealkylation sites (N-methyl/N-ethyl adjacent to an activating group) is 1. The Labute approximate surface area is 135 Å². The molecule has 1 aromatic rings. The van der Waals surface area contributed by atoms with Crippen LogP contribution in [0.1, 0.15) is 25.3 Å². The van der Waals surface area contributed by atoms with Crippen molar-refractivity contribution >= 4 is 11.8 Å². The predicted molar refractivity (Wildman–Crippen MR) is 84.9 cm³/mol. The standard InChI is InChI=1S/C16H23N3O4/c1-10(19(2)16(21)12(17)4-6-15(18)20)7-11-3-5-13-14(8-11)23-9-22-13/h3,5,8,10,12H,4,6-7,9,17H2,1-2H3,(H2,18,20). The molecule has 0 saturated carbocycles. The van der Waals surface area contributed by atoms with Gasteiger partial charge in [0.25, 0.3) is 0 Å². The van der Waals surface area contributed by atoms with Crippen LogP contribution in [0.2, 0.25) is 0 Å². The van der Waals surface area contributed by atoms with Crippen LogP contribution in [-0.4, -0.2) is 42.6 Å². The van der Waals surface area contributed by atoms with Crippen LogP contribution in [0.15, 0.2) is 18.2 Å². The molecule has 0 spiro atoms. The highest BCUT2D eigenvalue weighted by Gasteiger charge is 2.23. The summed E-state index contributed by atoms with van der Waals surface area (Å²) in [6.45, 7) is 2.19. The van der Waals surface area contributed by atoms with Gasteiger partial charge in [-0.15, -0.1) is 0 Å². The molecule has 1 aliphatic rings. The van der Waals surface area contributed by atoms with E-state index in [0.717, 1.165) is 17.1 Å². The molecule has 2 atom stereocenters. The van der Waals surface area contributed by atoms with E-state index in [1.54, 1.807) is 11.9 Å². The molecule has 2 unspecified atom stereocenters. The van der Waals surface area contributed by atoms with Crippen molar-refractivity contribution in [2.45, 2.75) is 38.3 Å². The summed E-state index contributed by atoms with van der Waals surface area (Å²) in [6.07, 6.45) is 1.04. The number of fused-ring (bicyclic) bond motifs is 1. The number of rotatable bonds is 7. The largest absolute Gasteiger partial charge is 0.454 e. The predicted octanol–water partition coefficient (Wildman–Crippen LogP) is 0.398. The van der Waals surface area contributed by atoms with Crippen LogP contribution in [0.5, 0.6) is 11.5 Å². The molecule has 7 nitrogen and oxygen atoms in total. The molecule has 0 fully saturated rings. The zero-order valence-electron chi connectivity index (χ0n) is 13.5. The molecule has 0 saturated heterocycles. The number of ether oxygens (including phenoxy) is 2. The number of primary amides is 1. The first-order valence-electron chi connectivity index (χ1n) is 7.57. The van der Waals surface area contributed by atoms with Crippen LogP contribution in [0.4, 0.5) is 0 Å². The maximum absolute atomic E-state index is 12.3. The Bertz CT molecular complexity index is 591. The number of carbonyl (C=O) groups excluding carboxylic acids is 2. The first-order chi connectivity index (χ1) is 10.9. The van der Waals surface area contributed by atoms with E-state index < -0.39 is 11.9 Å². The molecule has 1 aliphatic heterocycles. The Hall–Kier alpha value is -2.28. The molecule has 0 aromatic heterocycles. The second-order valence-electron chi connectivity index (χ2n) is 5.80. The van der Waals surface area contributed by atoms with E-state index in [9.17, 15) is 9.59 Å². The number of nitrogens with two attached hydrogens (primary N) is 2. The first-order valence-corrected chi connectivity index (χ1v) is 7.57. The molecule has 2 amide bonds. The quantitative estimate of drug-likeness (QED) is 0.755. The summed E-state index contributed by atoms with van der Waals surface area (Å²) in [5.41, 5.74) is 12.0. The molecule has 0 bridgehead atoms. The summed E-state index contributed by atoms with van der Waals surface area (Å²) in [6, 6.07) is 4.99. The second-order valence-corrected chi connectivity index (χ2v) is 5.80. The fraction of sp³-hybridized carbons (Fsp3) is 0.500. The molecule has 4 N–H and O–H groups in total. The van der Waals surface area contributed by atoms with Crippen molar-refractivity contribution in [3.8, 4) is 11.5 Å². The minimum atomic E-state index is -0.716. The van der Waals surface area contributed by atoms with Crippen molar-refractivity contribution in [2.75, 3.05) is 13.8 Å². The smallest absolute Gasteiger partial charge is 0.239 e. The van der Waals surface area contributed by atoms with Gasteiger partial charge in [-0.3, -0.25) is 9.59 Å². The Morgan fingerprint density at radius 1 is 1.30 bits per heavy atom. The van der Waals surface area contributed by atoms with Crippen molar-refractivity contribution in [3.05, 3.63) is 23.8 Å². The van der Waals surface area contributed by atoms with Gasteiger partial charge in [0.05, 0.1) is 6.04 Å². The van der Waals surface area contributed by atoms with Crippen LogP contribution < -0.4 is 20.9 Å². The summed E-state index contributed by atoms with van der Waals surface area (Å²) in [5, 5.41) is 0. The van der Waals surface area contributed by atoms with Crippen LogP contribution in [0.3, 0.4) is 0 Å². The lowest BCUT2D eigenvalue weighted by atomic mass is 10.0. The van der Waals surface area contributed by atoms with Crippen LogP contribution in [-0.2, 0) is 16.0 Å². The van der Waals surface area contributed by atoms with Crippen molar-refractivity contribution in [2.24, 2.45) is 11.5 Å². The van der Waals surface area contributed by atoms with E-state index in [2.05, 4.69) is 0 Å². The van der Waals surface area contributed by atoms with Gasteiger partial charge in [-0.05, 0) is 37.5 Å². The van der Waals surface area contributed by atoms with Gasteiger partial charge in [0, 0.05) is 19.5 Å². The molecule has 1 heterocycles. The summed E-state index contributed by atoms with van der Waals surface area (Å²) >= 11 is 0. The number of carbonyl (C=O) groups is 2. The van der Waals surface area contributed by atoms with Crippen LogP contribution in [0.25, 0.3) is 0 Å². The fourth-order valence-electron chi connectivity index (χ4n) is 2.45. The third kappa shape index (κ3) is 4.35. The van der Waals surface area contributed by atoms with Gasteiger partial charge in [-0.2, -0.15) is 0 Å². The van der Waals surface area contributed by atoms with E-state index in [4.69, 9.17) is 20.9 Å². The van der Waals surface area contributed by atoms with Gasteiger partial charge < -0.3 is 25.8 Å². The lowest BCUT2D eigenvalue weighted by Crippen LogP contribution is -2.46. The molecule has 7 heteroatoms. The Balaban J connectivity index is 1.92.